The molecule has 11 heteroatoms. The molecule has 0 aliphatic heterocycles. The highest BCUT2D eigenvalue weighted by molar-refractivity contribution is 9.10. The van der Waals surface area contributed by atoms with Crippen LogP contribution in [0.2, 0.25) is 5.02 Å². The highest BCUT2D eigenvalue weighted by Gasteiger charge is 2.13. The maximum atomic E-state index is 6.22. The van der Waals surface area contributed by atoms with Crippen molar-refractivity contribution in [1.82, 2.24) is 20.3 Å². The van der Waals surface area contributed by atoms with Gasteiger partial charge in [-0.25, -0.2) is 9.61 Å². The number of benzene rings is 2. The smallest absolute Gasteiger partial charge is 0.245 e. The first-order valence-corrected chi connectivity index (χ1v) is 10.9. The summed E-state index contributed by atoms with van der Waals surface area (Å²) in [5, 5.41) is 15.6. The number of nitrogens with one attached hydrogen (secondary N) is 2. The van der Waals surface area contributed by atoms with Gasteiger partial charge in [0.15, 0.2) is 11.6 Å². The number of hydrazone groups is 1. The lowest BCUT2D eigenvalue weighted by molar-refractivity contribution is 0.314. The Labute approximate surface area is 201 Å². The van der Waals surface area contributed by atoms with Gasteiger partial charge < -0.3 is 9.73 Å². The zero-order valence-corrected chi connectivity index (χ0v) is 19.4. The molecule has 0 saturated heterocycles. The molecule has 3 aromatic heterocycles. The Bertz CT molecular complexity index is 1460. The van der Waals surface area contributed by atoms with Crippen molar-refractivity contribution >= 4 is 62.4 Å². The predicted molar refractivity (Wildman–Crippen MR) is 130 cm³/mol. The third-order valence-electron chi connectivity index (χ3n) is 4.67. The Hall–Kier alpha value is -3.76. The van der Waals surface area contributed by atoms with Crippen LogP contribution in [0.5, 0.6) is 0 Å². The van der Waals surface area contributed by atoms with Crippen LogP contribution in [0.4, 0.5) is 17.3 Å². The van der Waals surface area contributed by atoms with Crippen LogP contribution in [0.3, 0.4) is 0 Å². The molecule has 9 nitrogen and oxygen atoms in total. The number of aromatic nitrogens is 4. The summed E-state index contributed by atoms with van der Waals surface area (Å²) in [7, 11) is 0. The highest BCUT2D eigenvalue weighted by atomic mass is 79.9. The van der Waals surface area contributed by atoms with E-state index in [1.807, 2.05) is 61.5 Å². The summed E-state index contributed by atoms with van der Waals surface area (Å²) in [5.41, 5.74) is 6.10. The van der Waals surface area contributed by atoms with Gasteiger partial charge in [0.1, 0.15) is 11.5 Å². The Kier molecular flexibility index (Phi) is 5.76. The van der Waals surface area contributed by atoms with Crippen LogP contribution in [0.1, 0.15) is 11.3 Å². The maximum Gasteiger partial charge on any atom is 0.245 e. The molecule has 0 aliphatic rings. The zero-order valence-electron chi connectivity index (χ0n) is 17.1. The van der Waals surface area contributed by atoms with Crippen LogP contribution in [0.15, 0.2) is 73.2 Å². The number of hydrogen-bond acceptors (Lipinski definition) is 9. The van der Waals surface area contributed by atoms with Crippen LogP contribution in [0.25, 0.3) is 22.6 Å². The Morgan fingerprint density at radius 3 is 2.48 bits per heavy atom. The summed E-state index contributed by atoms with van der Waals surface area (Å²) in [4.78, 5) is 8.79. The van der Waals surface area contributed by atoms with Gasteiger partial charge in [0, 0.05) is 20.7 Å². The van der Waals surface area contributed by atoms with Gasteiger partial charge in [-0.3, -0.25) is 5.43 Å². The molecule has 0 aliphatic carbocycles. The van der Waals surface area contributed by atoms with Gasteiger partial charge >= 0.3 is 0 Å². The molecule has 0 amide bonds. The van der Waals surface area contributed by atoms with Crippen molar-refractivity contribution in [3.63, 3.8) is 0 Å². The molecule has 3 heterocycles. The summed E-state index contributed by atoms with van der Waals surface area (Å²) in [6.45, 7) is 1.95. The number of aryl methyl sites for hydroxylation is 1. The topological polar surface area (TPSA) is 114 Å². The fourth-order valence-electron chi connectivity index (χ4n) is 2.95. The van der Waals surface area contributed by atoms with Gasteiger partial charge in [-0.05, 0) is 65.3 Å². The molecular formula is C22H15BrClN7O2. The summed E-state index contributed by atoms with van der Waals surface area (Å²) < 4.78 is 11.5. The van der Waals surface area contributed by atoms with Gasteiger partial charge in [-0.15, -0.1) is 0 Å². The van der Waals surface area contributed by atoms with Crippen molar-refractivity contribution in [2.45, 2.75) is 6.92 Å². The molecule has 2 N–H and O–H groups in total. The van der Waals surface area contributed by atoms with Crippen molar-refractivity contribution in [2.75, 3.05) is 10.7 Å². The second kappa shape index (κ2) is 9.00. The minimum Gasteiger partial charge on any atom is -0.455 e. The molecule has 0 atom stereocenters. The second-order valence-corrected chi connectivity index (χ2v) is 8.32. The molecular weight excluding hydrogens is 510 g/mol. The summed E-state index contributed by atoms with van der Waals surface area (Å²) in [5.74, 6) is 1.99. The third-order valence-corrected chi connectivity index (χ3v) is 5.60. The largest absolute Gasteiger partial charge is 0.455 e. The number of halogens is 2. The number of nitrogens with zero attached hydrogens (tertiary/aromatic N) is 5. The number of fused-ring (bicyclic) bond motifs is 1. The fourth-order valence-corrected chi connectivity index (χ4v) is 3.40. The molecule has 164 valence electrons. The first-order chi connectivity index (χ1) is 16.0. The van der Waals surface area contributed by atoms with Crippen molar-refractivity contribution in [2.24, 2.45) is 5.10 Å². The van der Waals surface area contributed by atoms with Crippen molar-refractivity contribution in [3.8, 4) is 11.3 Å². The van der Waals surface area contributed by atoms with Gasteiger partial charge in [-0.2, -0.15) is 10.1 Å². The molecule has 5 aromatic rings. The lowest BCUT2D eigenvalue weighted by Crippen LogP contribution is -2.03. The monoisotopic (exact) mass is 523 g/mol. The third kappa shape index (κ3) is 4.71. The van der Waals surface area contributed by atoms with Crippen molar-refractivity contribution in [1.29, 1.82) is 0 Å². The van der Waals surface area contributed by atoms with Crippen LogP contribution >= 0.6 is 27.5 Å². The van der Waals surface area contributed by atoms with E-state index < -0.39 is 0 Å². The minimum absolute atomic E-state index is 0.255. The molecule has 0 saturated carbocycles. The van der Waals surface area contributed by atoms with Crippen LogP contribution in [-0.4, -0.2) is 26.5 Å². The molecule has 0 unspecified atom stereocenters. The van der Waals surface area contributed by atoms with Gasteiger partial charge in [0.25, 0.3) is 0 Å². The molecule has 5 rings (SSSR count). The molecule has 0 fully saturated rings. The number of anilines is 3. The van der Waals surface area contributed by atoms with Crippen LogP contribution < -0.4 is 10.7 Å². The summed E-state index contributed by atoms with van der Waals surface area (Å²) in [6, 6.07) is 17.0. The van der Waals surface area contributed by atoms with E-state index in [1.165, 1.54) is 6.21 Å². The van der Waals surface area contributed by atoms with E-state index >= 15 is 0 Å². The summed E-state index contributed by atoms with van der Waals surface area (Å²) in [6.07, 6.45) is 1.54. The minimum atomic E-state index is 0.255. The number of hydrogen-bond donors (Lipinski definition) is 2. The predicted octanol–water partition coefficient (Wildman–Crippen LogP) is 6.19. The van der Waals surface area contributed by atoms with E-state index in [4.69, 9.17) is 20.6 Å². The second-order valence-electron chi connectivity index (χ2n) is 7.00. The van der Waals surface area contributed by atoms with E-state index in [1.54, 1.807) is 0 Å². The lowest BCUT2D eigenvalue weighted by Gasteiger charge is -2.09. The van der Waals surface area contributed by atoms with E-state index in [9.17, 15) is 0 Å². The summed E-state index contributed by atoms with van der Waals surface area (Å²) >= 11 is 9.64. The Morgan fingerprint density at radius 2 is 1.73 bits per heavy atom. The van der Waals surface area contributed by atoms with Gasteiger partial charge in [0.2, 0.25) is 11.3 Å². The van der Waals surface area contributed by atoms with E-state index in [-0.39, 0.29) is 11.3 Å². The van der Waals surface area contributed by atoms with E-state index in [0.29, 0.717) is 28.2 Å². The molecule has 0 spiro atoms. The van der Waals surface area contributed by atoms with E-state index in [0.717, 1.165) is 21.3 Å². The van der Waals surface area contributed by atoms with E-state index in [2.05, 4.69) is 52.1 Å². The van der Waals surface area contributed by atoms with Crippen molar-refractivity contribution in [3.05, 3.63) is 75.4 Å². The fraction of sp³-hybridized carbons (Fsp3) is 0.0455. The molecule has 2 aromatic carbocycles. The zero-order chi connectivity index (χ0) is 22.8. The van der Waals surface area contributed by atoms with Gasteiger partial charge in [-0.1, -0.05) is 39.7 Å². The highest BCUT2D eigenvalue weighted by Crippen LogP contribution is 2.27. The molecule has 0 bridgehead atoms. The number of furan rings is 1. The maximum absolute atomic E-state index is 6.22. The quantitative estimate of drug-likeness (QED) is 0.200. The Balaban J connectivity index is 1.37. The average Bonchev–Trinajstić information content (AvgIpc) is 3.46. The van der Waals surface area contributed by atoms with Crippen LogP contribution in [0, 0.1) is 6.92 Å². The van der Waals surface area contributed by atoms with Gasteiger partial charge in [0.05, 0.1) is 6.21 Å². The standard InChI is InChI=1S/C22H15BrClN7O2/c1-12-2-3-13(10-17(12)24)18-9-8-16(32-18)11-25-29-20-19(26-15-6-4-14(23)5-7-15)27-21-22(28-20)31-33-30-21/h2-11H,1H3,(H,26,27,30)(H,28,29,31)/b25-11+. The molecule has 33 heavy (non-hydrogen) atoms. The normalized spacial score (nSPS) is 11.4. The van der Waals surface area contributed by atoms with Crippen molar-refractivity contribution < 1.29 is 9.05 Å². The first-order valence-electron chi connectivity index (χ1n) is 9.73. The lowest BCUT2D eigenvalue weighted by atomic mass is 10.1. The average molecular weight is 525 g/mol. The first kappa shape index (κ1) is 21.1. The number of rotatable bonds is 6. The molecule has 0 radical (unpaired) electrons. The Morgan fingerprint density at radius 1 is 0.970 bits per heavy atom. The van der Waals surface area contributed by atoms with Crippen LogP contribution in [-0.2, 0) is 0 Å². The SMILES string of the molecule is Cc1ccc(-c2ccc(/C=N/Nc3nc4nonc4nc3Nc3ccc(Br)cc3)o2)cc1Cl.